The van der Waals surface area contributed by atoms with E-state index in [2.05, 4.69) is 61.7 Å². The van der Waals surface area contributed by atoms with Crippen molar-refractivity contribution in [2.24, 2.45) is 23.7 Å². The van der Waals surface area contributed by atoms with Gasteiger partial charge in [-0.1, -0.05) is 61.7 Å². The van der Waals surface area contributed by atoms with Crippen LogP contribution in [0, 0.1) is 23.7 Å². The Hall–Kier alpha value is -3.25. The number of alkyl halides is 1. The van der Waals surface area contributed by atoms with E-state index >= 15 is 0 Å². The minimum Gasteiger partial charge on any atom is -0.462 e. The minimum atomic E-state index is -0.532. The molecule has 0 spiro atoms. The van der Waals surface area contributed by atoms with Crippen molar-refractivity contribution in [1.82, 2.24) is 0 Å². The van der Waals surface area contributed by atoms with Gasteiger partial charge in [-0.2, -0.15) is 0 Å². The van der Waals surface area contributed by atoms with Crippen LogP contribution in [0.2, 0.25) is 0 Å². The Kier molecular flexibility index (Phi) is 15.4. The minimum absolute atomic E-state index is 0.0789. The maximum Gasteiger partial charge on any atom is 0.335 e. The quantitative estimate of drug-likeness (QED) is 0.0979. The van der Waals surface area contributed by atoms with E-state index in [0.29, 0.717) is 43.0 Å². The van der Waals surface area contributed by atoms with Crippen molar-refractivity contribution in [3.8, 4) is 11.1 Å². The van der Waals surface area contributed by atoms with Gasteiger partial charge in [0, 0.05) is 5.57 Å². The standard InChI is InChI=1S/C42H57FO5/c1-30(2)41(45)47-27-6-8-33(25-28-48-42(46)31(3)29-44)35-13-15-37(16-14-35)39-21-23-40(24-22-39)38-19-17-36(18-20-38)34-11-9-32(10-12-34)7-4-5-26-43/h9-12,17-20,33,35,37,39-40,44H,1,3-8,13-16,21-29H2,2H3. The molecule has 0 heterocycles. The van der Waals surface area contributed by atoms with Crippen LogP contribution in [0.25, 0.3) is 11.1 Å². The van der Waals surface area contributed by atoms with Gasteiger partial charge in [-0.15, -0.1) is 0 Å². The molecule has 2 aliphatic carbocycles. The molecule has 6 heteroatoms. The first-order valence-corrected chi connectivity index (χ1v) is 18.3. The summed E-state index contributed by atoms with van der Waals surface area (Å²) >= 11 is 0. The molecule has 2 saturated carbocycles. The summed E-state index contributed by atoms with van der Waals surface area (Å²) < 4.78 is 23.1. The molecule has 2 fully saturated rings. The summed E-state index contributed by atoms with van der Waals surface area (Å²) in [6.45, 7) is 8.94. The first kappa shape index (κ1) is 37.6. The van der Waals surface area contributed by atoms with Crippen molar-refractivity contribution < 1.29 is 28.6 Å². The van der Waals surface area contributed by atoms with Gasteiger partial charge in [0.15, 0.2) is 0 Å². The van der Waals surface area contributed by atoms with Crippen molar-refractivity contribution in [2.75, 3.05) is 26.5 Å². The van der Waals surface area contributed by atoms with Crippen LogP contribution in [0.1, 0.15) is 107 Å². The molecule has 0 bridgehead atoms. The molecule has 2 aliphatic rings. The van der Waals surface area contributed by atoms with Crippen LogP contribution in [-0.2, 0) is 25.5 Å². The highest BCUT2D eigenvalue weighted by atomic mass is 19.1. The highest BCUT2D eigenvalue weighted by Gasteiger charge is 2.33. The fraction of sp³-hybridized carbons (Fsp3) is 0.571. The third-order valence-corrected chi connectivity index (χ3v) is 10.9. The zero-order valence-corrected chi connectivity index (χ0v) is 29.1. The van der Waals surface area contributed by atoms with E-state index in [1.807, 2.05) is 0 Å². The van der Waals surface area contributed by atoms with Crippen molar-refractivity contribution in [2.45, 2.75) is 103 Å². The average Bonchev–Trinajstić information content (AvgIpc) is 3.12. The number of benzene rings is 2. The van der Waals surface area contributed by atoms with E-state index < -0.39 is 12.6 Å². The summed E-state index contributed by atoms with van der Waals surface area (Å²) in [5, 5.41) is 9.17. The summed E-state index contributed by atoms with van der Waals surface area (Å²) in [7, 11) is 0. The van der Waals surface area contributed by atoms with E-state index in [4.69, 9.17) is 9.47 Å². The average molecular weight is 661 g/mol. The Bertz CT molecular complexity index is 1300. The lowest BCUT2D eigenvalue weighted by Crippen LogP contribution is -2.29. The zero-order chi connectivity index (χ0) is 34.3. The lowest BCUT2D eigenvalue weighted by Gasteiger charge is -2.40. The number of aliphatic hydroxyl groups is 1. The fourth-order valence-electron chi connectivity index (χ4n) is 7.97. The fourth-order valence-corrected chi connectivity index (χ4v) is 7.97. The Labute approximate surface area is 288 Å². The second kappa shape index (κ2) is 19.7. The third-order valence-electron chi connectivity index (χ3n) is 10.9. The number of hydrogen-bond acceptors (Lipinski definition) is 5. The van der Waals surface area contributed by atoms with Gasteiger partial charge in [-0.05, 0) is 149 Å². The molecule has 2 aromatic rings. The summed E-state index contributed by atoms with van der Waals surface area (Å²) in [5.74, 6) is 2.31. The smallest absolute Gasteiger partial charge is 0.335 e. The molecule has 1 unspecified atom stereocenters. The first-order valence-electron chi connectivity index (χ1n) is 18.3. The Morgan fingerprint density at radius 2 is 1.35 bits per heavy atom. The van der Waals surface area contributed by atoms with Crippen LogP contribution in [0.15, 0.2) is 72.8 Å². The number of hydrogen-bond donors (Lipinski definition) is 1. The van der Waals surface area contributed by atoms with Crippen LogP contribution in [-0.4, -0.2) is 43.5 Å². The predicted octanol–water partition coefficient (Wildman–Crippen LogP) is 9.72. The number of aryl methyl sites for hydroxylation is 1. The monoisotopic (exact) mass is 660 g/mol. The van der Waals surface area contributed by atoms with Crippen LogP contribution in [0.3, 0.4) is 0 Å². The molecule has 1 atom stereocenters. The number of carbonyl (C=O) groups excluding carboxylic acids is 2. The lowest BCUT2D eigenvalue weighted by molar-refractivity contribution is -0.141. The SMILES string of the molecule is C=C(C)C(=O)OCCCC(CCOC(=O)C(=C)CO)C1CCC(C2CCC(c3ccc(-c4ccc(CCCCF)cc4)cc3)CC2)CC1. The molecule has 0 aliphatic heterocycles. The summed E-state index contributed by atoms with van der Waals surface area (Å²) in [4.78, 5) is 23.8. The van der Waals surface area contributed by atoms with Crippen molar-refractivity contribution in [1.29, 1.82) is 0 Å². The molecule has 48 heavy (non-hydrogen) atoms. The maximum atomic E-state index is 12.4. The summed E-state index contributed by atoms with van der Waals surface area (Å²) in [6, 6.07) is 17.9. The zero-order valence-electron chi connectivity index (χ0n) is 29.1. The molecular weight excluding hydrogens is 603 g/mol. The molecule has 0 amide bonds. The normalized spacial score (nSPS) is 21.6. The van der Waals surface area contributed by atoms with Crippen LogP contribution in [0.4, 0.5) is 4.39 Å². The number of unbranched alkanes of at least 4 members (excludes halogenated alkanes) is 1. The van der Waals surface area contributed by atoms with E-state index in [0.717, 1.165) is 43.9 Å². The lowest BCUT2D eigenvalue weighted by atomic mass is 9.66. The predicted molar refractivity (Wildman–Crippen MR) is 191 cm³/mol. The Balaban J connectivity index is 1.22. The van der Waals surface area contributed by atoms with Crippen LogP contribution < -0.4 is 0 Å². The number of esters is 2. The largest absolute Gasteiger partial charge is 0.462 e. The number of rotatable bonds is 18. The van der Waals surface area contributed by atoms with Gasteiger partial charge in [-0.25, -0.2) is 9.59 Å². The molecule has 0 aromatic heterocycles. The molecule has 262 valence electrons. The number of carbonyl (C=O) groups is 2. The van der Waals surface area contributed by atoms with Gasteiger partial charge >= 0.3 is 11.9 Å². The topological polar surface area (TPSA) is 72.8 Å². The molecule has 0 radical (unpaired) electrons. The maximum absolute atomic E-state index is 12.4. The molecule has 2 aromatic carbocycles. The number of ether oxygens (including phenoxy) is 2. The van der Waals surface area contributed by atoms with Gasteiger partial charge in [0.1, 0.15) is 0 Å². The van der Waals surface area contributed by atoms with Gasteiger partial charge in [0.25, 0.3) is 0 Å². The Morgan fingerprint density at radius 1 is 0.771 bits per heavy atom. The number of aliphatic hydroxyl groups excluding tert-OH is 1. The van der Waals surface area contributed by atoms with E-state index in [1.165, 1.54) is 73.6 Å². The highest BCUT2D eigenvalue weighted by molar-refractivity contribution is 5.88. The molecule has 0 saturated heterocycles. The van der Waals surface area contributed by atoms with Crippen molar-refractivity contribution in [3.05, 3.63) is 84.0 Å². The molecule has 4 rings (SSSR count). The second-order valence-corrected chi connectivity index (χ2v) is 14.3. The Morgan fingerprint density at radius 3 is 1.94 bits per heavy atom. The van der Waals surface area contributed by atoms with E-state index in [9.17, 15) is 19.1 Å². The van der Waals surface area contributed by atoms with Crippen LogP contribution in [0.5, 0.6) is 0 Å². The van der Waals surface area contributed by atoms with Crippen LogP contribution >= 0.6 is 0 Å². The third kappa shape index (κ3) is 11.4. The van der Waals surface area contributed by atoms with Gasteiger partial charge < -0.3 is 14.6 Å². The second-order valence-electron chi connectivity index (χ2n) is 14.3. The number of halogens is 1. The first-order chi connectivity index (χ1) is 23.3. The van der Waals surface area contributed by atoms with E-state index in [1.54, 1.807) is 6.92 Å². The molecule has 1 N–H and O–H groups in total. The van der Waals surface area contributed by atoms with Gasteiger partial charge in [0.2, 0.25) is 0 Å². The summed E-state index contributed by atoms with van der Waals surface area (Å²) in [6.07, 6.45) is 15.0. The summed E-state index contributed by atoms with van der Waals surface area (Å²) in [5.41, 5.74) is 5.71. The molecular formula is C42H57FO5. The molecule has 5 nitrogen and oxygen atoms in total. The van der Waals surface area contributed by atoms with Gasteiger partial charge in [-0.3, -0.25) is 4.39 Å². The van der Waals surface area contributed by atoms with E-state index in [-0.39, 0.29) is 18.2 Å². The van der Waals surface area contributed by atoms with Crippen molar-refractivity contribution in [3.63, 3.8) is 0 Å². The van der Waals surface area contributed by atoms with Gasteiger partial charge in [0.05, 0.1) is 32.1 Å². The van der Waals surface area contributed by atoms with Crippen molar-refractivity contribution >= 4 is 11.9 Å². The highest BCUT2D eigenvalue weighted by Crippen LogP contribution is 2.46.